The molecule has 0 spiro atoms. The van der Waals surface area contributed by atoms with Crippen molar-refractivity contribution >= 4 is 26.5 Å². The number of rotatable bonds is 5. The summed E-state index contributed by atoms with van der Waals surface area (Å²) in [7, 11) is -0.553. The standard InChI is InChI=1S/C15H19N3O4S2/c1-21-13-4-3-12(11-14(13)22-2)24(19,20)18-8-6-17(7-9-18)15-16-5-10-23-15/h3-5,10-11H,6-9H2,1-2H3. The third-order valence-electron chi connectivity index (χ3n) is 3.92. The van der Waals surface area contributed by atoms with Gasteiger partial charge in [-0.25, -0.2) is 13.4 Å². The largest absolute Gasteiger partial charge is 0.493 e. The molecule has 1 aromatic carbocycles. The quantitative estimate of drug-likeness (QED) is 0.798. The van der Waals surface area contributed by atoms with Crippen molar-refractivity contribution < 1.29 is 17.9 Å². The van der Waals surface area contributed by atoms with Gasteiger partial charge in [-0.2, -0.15) is 4.31 Å². The number of ether oxygens (including phenoxy) is 2. The predicted octanol–water partition coefficient (Wildman–Crippen LogP) is 1.67. The van der Waals surface area contributed by atoms with Crippen molar-refractivity contribution in [2.75, 3.05) is 45.3 Å². The van der Waals surface area contributed by atoms with Gasteiger partial charge in [0.2, 0.25) is 10.0 Å². The van der Waals surface area contributed by atoms with E-state index in [4.69, 9.17) is 9.47 Å². The molecule has 3 rings (SSSR count). The maximum Gasteiger partial charge on any atom is 0.243 e. The van der Waals surface area contributed by atoms with Crippen molar-refractivity contribution in [3.05, 3.63) is 29.8 Å². The van der Waals surface area contributed by atoms with Crippen LogP contribution in [0.25, 0.3) is 0 Å². The van der Waals surface area contributed by atoms with Gasteiger partial charge < -0.3 is 14.4 Å². The molecule has 0 radical (unpaired) electrons. The Morgan fingerprint density at radius 1 is 1.08 bits per heavy atom. The molecule has 1 aromatic heterocycles. The Hall–Kier alpha value is -1.84. The molecule has 2 aromatic rings. The molecular weight excluding hydrogens is 350 g/mol. The molecule has 0 saturated carbocycles. The van der Waals surface area contributed by atoms with Crippen LogP contribution in [0.1, 0.15) is 0 Å². The number of anilines is 1. The van der Waals surface area contributed by atoms with Crippen LogP contribution in [0.2, 0.25) is 0 Å². The molecule has 9 heteroatoms. The molecule has 0 bridgehead atoms. The van der Waals surface area contributed by atoms with E-state index in [1.165, 1.54) is 24.6 Å². The van der Waals surface area contributed by atoms with E-state index in [-0.39, 0.29) is 4.90 Å². The summed E-state index contributed by atoms with van der Waals surface area (Å²) in [6.45, 7) is 2.10. The zero-order valence-electron chi connectivity index (χ0n) is 13.5. The van der Waals surface area contributed by atoms with E-state index in [9.17, 15) is 8.42 Å². The minimum atomic E-state index is -3.56. The molecule has 0 amide bonds. The summed E-state index contributed by atoms with van der Waals surface area (Å²) in [5, 5.41) is 2.85. The van der Waals surface area contributed by atoms with Crippen molar-refractivity contribution in [3.8, 4) is 11.5 Å². The van der Waals surface area contributed by atoms with Crippen LogP contribution >= 0.6 is 11.3 Å². The van der Waals surface area contributed by atoms with E-state index in [1.807, 2.05) is 5.38 Å². The van der Waals surface area contributed by atoms with Gasteiger partial charge in [0.15, 0.2) is 16.6 Å². The van der Waals surface area contributed by atoms with Gasteiger partial charge in [0.05, 0.1) is 19.1 Å². The van der Waals surface area contributed by atoms with E-state index in [0.29, 0.717) is 37.7 Å². The van der Waals surface area contributed by atoms with E-state index in [1.54, 1.807) is 29.7 Å². The third-order valence-corrected chi connectivity index (χ3v) is 6.65. The molecule has 1 aliphatic heterocycles. The van der Waals surface area contributed by atoms with Crippen molar-refractivity contribution in [2.45, 2.75) is 4.90 Å². The number of hydrogen-bond donors (Lipinski definition) is 0. The number of benzene rings is 1. The fourth-order valence-corrected chi connectivity index (χ4v) is 4.75. The normalized spacial score (nSPS) is 16.2. The van der Waals surface area contributed by atoms with Crippen molar-refractivity contribution in [1.29, 1.82) is 0 Å². The van der Waals surface area contributed by atoms with Crippen LogP contribution in [0, 0.1) is 0 Å². The predicted molar refractivity (Wildman–Crippen MR) is 92.6 cm³/mol. The van der Waals surface area contributed by atoms with Crippen LogP contribution in [-0.2, 0) is 10.0 Å². The number of hydrogen-bond acceptors (Lipinski definition) is 7. The van der Waals surface area contributed by atoms with Crippen molar-refractivity contribution in [2.24, 2.45) is 0 Å². The second-order valence-electron chi connectivity index (χ2n) is 5.22. The summed E-state index contributed by atoms with van der Waals surface area (Å²) in [4.78, 5) is 6.59. The van der Waals surface area contributed by atoms with Crippen LogP contribution in [0.4, 0.5) is 5.13 Å². The Morgan fingerprint density at radius 3 is 2.38 bits per heavy atom. The lowest BCUT2D eigenvalue weighted by Gasteiger charge is -2.33. The molecule has 0 aliphatic carbocycles. The number of sulfonamides is 1. The van der Waals surface area contributed by atoms with E-state index in [0.717, 1.165) is 5.13 Å². The zero-order chi connectivity index (χ0) is 17.2. The minimum absolute atomic E-state index is 0.211. The molecule has 0 atom stereocenters. The fourth-order valence-electron chi connectivity index (χ4n) is 2.62. The summed E-state index contributed by atoms with van der Waals surface area (Å²) in [6, 6.07) is 4.66. The van der Waals surface area contributed by atoms with Gasteiger partial charge in [0.1, 0.15) is 0 Å². The maximum atomic E-state index is 12.8. The Morgan fingerprint density at radius 2 is 1.79 bits per heavy atom. The summed E-state index contributed by atoms with van der Waals surface area (Å²) in [5.74, 6) is 0.907. The van der Waals surface area contributed by atoms with E-state index in [2.05, 4.69) is 9.88 Å². The smallest absolute Gasteiger partial charge is 0.243 e. The molecule has 1 saturated heterocycles. The van der Waals surface area contributed by atoms with Gasteiger partial charge in [-0.3, -0.25) is 0 Å². The summed E-state index contributed by atoms with van der Waals surface area (Å²) < 4.78 is 37.6. The van der Waals surface area contributed by atoms with Gasteiger partial charge in [0.25, 0.3) is 0 Å². The van der Waals surface area contributed by atoms with E-state index < -0.39 is 10.0 Å². The van der Waals surface area contributed by atoms with Crippen LogP contribution in [0.15, 0.2) is 34.7 Å². The topological polar surface area (TPSA) is 72.0 Å². The van der Waals surface area contributed by atoms with Crippen LogP contribution in [-0.4, -0.2) is 58.1 Å². The average Bonchev–Trinajstić information content (AvgIpc) is 3.15. The first kappa shape index (κ1) is 17.0. The van der Waals surface area contributed by atoms with Gasteiger partial charge in [-0.1, -0.05) is 0 Å². The first-order valence-electron chi connectivity index (χ1n) is 7.43. The van der Waals surface area contributed by atoms with Crippen molar-refractivity contribution in [1.82, 2.24) is 9.29 Å². The molecule has 7 nitrogen and oxygen atoms in total. The zero-order valence-corrected chi connectivity index (χ0v) is 15.1. The van der Waals surface area contributed by atoms with Crippen LogP contribution in [0.3, 0.4) is 0 Å². The second kappa shape index (κ2) is 6.96. The Labute approximate surface area is 145 Å². The van der Waals surface area contributed by atoms with Gasteiger partial charge >= 0.3 is 0 Å². The maximum absolute atomic E-state index is 12.8. The van der Waals surface area contributed by atoms with Gasteiger partial charge in [-0.15, -0.1) is 11.3 Å². The summed E-state index contributed by atoms with van der Waals surface area (Å²) in [6.07, 6.45) is 1.76. The Balaban J connectivity index is 1.77. The first-order valence-corrected chi connectivity index (χ1v) is 9.75. The number of piperazine rings is 1. The number of methoxy groups -OCH3 is 2. The molecule has 0 N–H and O–H groups in total. The summed E-state index contributed by atoms with van der Waals surface area (Å²) in [5.41, 5.74) is 0. The lowest BCUT2D eigenvalue weighted by molar-refractivity contribution is 0.353. The first-order chi connectivity index (χ1) is 11.6. The number of aromatic nitrogens is 1. The molecule has 24 heavy (non-hydrogen) atoms. The van der Waals surface area contributed by atoms with Gasteiger partial charge in [0, 0.05) is 43.8 Å². The van der Waals surface area contributed by atoms with Crippen LogP contribution in [0.5, 0.6) is 11.5 Å². The monoisotopic (exact) mass is 369 g/mol. The van der Waals surface area contributed by atoms with Crippen LogP contribution < -0.4 is 14.4 Å². The highest BCUT2D eigenvalue weighted by molar-refractivity contribution is 7.89. The van der Waals surface area contributed by atoms with E-state index >= 15 is 0 Å². The van der Waals surface area contributed by atoms with Crippen molar-refractivity contribution in [3.63, 3.8) is 0 Å². The SMILES string of the molecule is COc1ccc(S(=O)(=O)N2CCN(c3nccs3)CC2)cc1OC. The fraction of sp³-hybridized carbons (Fsp3) is 0.400. The average molecular weight is 369 g/mol. The molecule has 0 unspecified atom stereocenters. The molecule has 1 fully saturated rings. The molecule has 1 aliphatic rings. The Bertz CT molecular complexity index is 785. The number of nitrogens with zero attached hydrogens (tertiary/aromatic N) is 3. The minimum Gasteiger partial charge on any atom is -0.493 e. The lowest BCUT2D eigenvalue weighted by atomic mass is 10.3. The molecular formula is C15H19N3O4S2. The number of thiazole rings is 1. The molecule has 2 heterocycles. The summed E-state index contributed by atoms with van der Waals surface area (Å²) >= 11 is 1.56. The second-order valence-corrected chi connectivity index (χ2v) is 8.03. The Kier molecular flexibility index (Phi) is 4.93. The third kappa shape index (κ3) is 3.19. The highest BCUT2D eigenvalue weighted by Crippen LogP contribution is 2.31. The van der Waals surface area contributed by atoms with Gasteiger partial charge in [-0.05, 0) is 12.1 Å². The lowest BCUT2D eigenvalue weighted by Crippen LogP contribution is -2.48. The highest BCUT2D eigenvalue weighted by atomic mass is 32.2. The molecule has 130 valence electrons. The highest BCUT2D eigenvalue weighted by Gasteiger charge is 2.29.